The Hall–Kier alpha value is -2.30. The summed E-state index contributed by atoms with van der Waals surface area (Å²) in [5.74, 6) is 0.762. The third-order valence-corrected chi connectivity index (χ3v) is 4.72. The summed E-state index contributed by atoms with van der Waals surface area (Å²) in [6, 6.07) is 1.89. The van der Waals surface area contributed by atoms with E-state index in [-0.39, 0.29) is 27.6 Å². The Morgan fingerprint density at radius 3 is 2.19 bits per heavy atom. The van der Waals surface area contributed by atoms with Crippen molar-refractivity contribution in [2.24, 2.45) is 7.05 Å². The van der Waals surface area contributed by atoms with E-state index in [2.05, 4.69) is 15.0 Å². The van der Waals surface area contributed by atoms with E-state index < -0.39 is 23.5 Å². The Kier molecular flexibility index (Phi) is 4.83. The van der Waals surface area contributed by atoms with Crippen LogP contribution in [0.15, 0.2) is 29.4 Å². The first-order chi connectivity index (χ1) is 12.5. The first-order valence-electron chi connectivity index (χ1n) is 7.67. The highest BCUT2D eigenvalue weighted by Crippen LogP contribution is 2.36. The lowest BCUT2D eigenvalue weighted by Crippen LogP contribution is -2.30. The highest BCUT2D eigenvalue weighted by atomic mass is 32.2. The van der Waals surface area contributed by atoms with Crippen LogP contribution in [-0.2, 0) is 19.4 Å². The summed E-state index contributed by atoms with van der Waals surface area (Å²) in [6.45, 7) is 1.77. The molecule has 0 aliphatic heterocycles. The van der Waals surface area contributed by atoms with Gasteiger partial charge in [-0.1, -0.05) is 6.92 Å². The molecule has 0 fully saturated rings. The maximum absolute atomic E-state index is 13.0. The van der Waals surface area contributed by atoms with Crippen LogP contribution in [-0.4, -0.2) is 20.7 Å². The van der Waals surface area contributed by atoms with Gasteiger partial charge in [0, 0.05) is 11.1 Å². The van der Waals surface area contributed by atoms with Crippen LogP contribution in [0.5, 0.6) is 0 Å². The Bertz CT molecular complexity index is 993. The van der Waals surface area contributed by atoms with Crippen molar-refractivity contribution in [3.63, 3.8) is 0 Å². The molecule has 144 valence electrons. The summed E-state index contributed by atoms with van der Waals surface area (Å²) in [4.78, 5) is 10.8. The van der Waals surface area contributed by atoms with E-state index in [9.17, 15) is 26.3 Å². The summed E-state index contributed by atoms with van der Waals surface area (Å²) < 4.78 is 79.0. The summed E-state index contributed by atoms with van der Waals surface area (Å²) in [5.41, 5.74) is -1.27. The number of thioether (sulfide) groups is 1. The maximum Gasteiger partial charge on any atom is 0.419 e. The minimum absolute atomic E-state index is 0.108. The molecule has 0 saturated heterocycles. The molecule has 0 aliphatic carbocycles. The average Bonchev–Trinajstić information content (AvgIpc) is 2.90. The van der Waals surface area contributed by atoms with Crippen LogP contribution >= 0.6 is 11.8 Å². The number of fused-ring (bicyclic) bond motifs is 1. The van der Waals surface area contributed by atoms with Gasteiger partial charge in [0.2, 0.25) is 0 Å². The van der Waals surface area contributed by atoms with Crippen LogP contribution in [0, 0.1) is 0 Å². The fourth-order valence-corrected chi connectivity index (χ4v) is 3.36. The second kappa shape index (κ2) is 6.70. The Balaban J connectivity index is 2.18. The molecule has 0 aromatic carbocycles. The van der Waals surface area contributed by atoms with Gasteiger partial charge in [0.15, 0.2) is 5.52 Å². The largest absolute Gasteiger partial charge is 0.419 e. The number of alkyl halides is 6. The Labute approximate surface area is 153 Å². The molecule has 0 saturated carbocycles. The highest BCUT2D eigenvalue weighted by molar-refractivity contribution is 7.99. The predicted molar refractivity (Wildman–Crippen MR) is 86.9 cm³/mol. The molecule has 3 aromatic rings. The van der Waals surface area contributed by atoms with Gasteiger partial charge in [-0.3, -0.25) is 4.98 Å². The van der Waals surface area contributed by atoms with Gasteiger partial charge in [0.05, 0.1) is 18.2 Å². The molecular formula is C16H13F6N4S+. The topological polar surface area (TPSA) is 45.5 Å². The number of halogens is 6. The van der Waals surface area contributed by atoms with Gasteiger partial charge in [-0.25, -0.2) is 9.55 Å². The zero-order chi connectivity index (χ0) is 20.0. The Morgan fingerprint density at radius 2 is 1.59 bits per heavy atom. The minimum Gasteiger partial charge on any atom is -0.266 e. The van der Waals surface area contributed by atoms with Crippen LogP contribution in [0.3, 0.4) is 0 Å². The summed E-state index contributed by atoms with van der Waals surface area (Å²) in [7, 11) is 1.55. The number of rotatable bonds is 3. The molecule has 4 nitrogen and oxygen atoms in total. The van der Waals surface area contributed by atoms with Crippen LogP contribution in [0.25, 0.3) is 22.7 Å². The molecule has 3 rings (SSSR count). The minimum atomic E-state index is -4.55. The van der Waals surface area contributed by atoms with Gasteiger partial charge in [-0.05, 0) is 17.9 Å². The number of hydrogen-bond donors (Lipinski definition) is 1. The van der Waals surface area contributed by atoms with E-state index in [0.717, 1.165) is 23.9 Å². The van der Waals surface area contributed by atoms with Crippen molar-refractivity contribution >= 4 is 22.9 Å². The molecular weight excluding hydrogens is 394 g/mol. The second-order valence-corrected chi connectivity index (χ2v) is 6.93. The third-order valence-electron chi connectivity index (χ3n) is 3.80. The van der Waals surface area contributed by atoms with Crippen molar-refractivity contribution in [1.82, 2.24) is 15.0 Å². The molecule has 11 heteroatoms. The van der Waals surface area contributed by atoms with Crippen molar-refractivity contribution in [2.45, 2.75) is 24.2 Å². The maximum atomic E-state index is 13.0. The number of nitrogens with one attached hydrogen (secondary N) is 1. The molecule has 3 heterocycles. The third kappa shape index (κ3) is 3.73. The van der Waals surface area contributed by atoms with Crippen molar-refractivity contribution in [2.75, 3.05) is 5.75 Å². The van der Waals surface area contributed by atoms with E-state index in [1.807, 2.05) is 0 Å². The highest BCUT2D eigenvalue weighted by Gasteiger charge is 2.35. The van der Waals surface area contributed by atoms with E-state index >= 15 is 0 Å². The molecule has 1 N–H and O–H groups in total. The number of aryl methyl sites for hydroxylation is 1. The zero-order valence-electron chi connectivity index (χ0n) is 14.0. The van der Waals surface area contributed by atoms with Crippen LogP contribution < -0.4 is 4.57 Å². The number of aromatic nitrogens is 4. The number of nitrogens with zero attached hydrogens (tertiary/aromatic N) is 3. The molecule has 0 atom stereocenters. The molecule has 0 unspecified atom stereocenters. The molecule has 0 bridgehead atoms. The van der Waals surface area contributed by atoms with Crippen molar-refractivity contribution in [3.8, 4) is 11.5 Å². The van der Waals surface area contributed by atoms with Crippen molar-refractivity contribution in [3.05, 3.63) is 35.7 Å². The van der Waals surface area contributed by atoms with Gasteiger partial charge >= 0.3 is 18.0 Å². The molecule has 27 heavy (non-hydrogen) atoms. The normalized spacial score (nSPS) is 12.7. The van der Waals surface area contributed by atoms with Crippen LogP contribution in [0.2, 0.25) is 0 Å². The predicted octanol–water partition coefficient (Wildman–Crippen LogP) is 4.60. The summed E-state index contributed by atoms with van der Waals surface area (Å²) in [5, 5.41) is 0. The Morgan fingerprint density at radius 1 is 1.00 bits per heavy atom. The lowest BCUT2D eigenvalue weighted by atomic mass is 10.2. The molecule has 0 radical (unpaired) electrons. The van der Waals surface area contributed by atoms with E-state index in [1.165, 1.54) is 4.57 Å². The molecule has 0 aliphatic rings. The number of pyridine rings is 2. The fourth-order valence-electron chi connectivity index (χ4n) is 2.55. The quantitative estimate of drug-likeness (QED) is 0.392. The van der Waals surface area contributed by atoms with E-state index in [1.54, 1.807) is 14.0 Å². The standard InChI is InChI=1S/C16H12F6N4S/c1-3-27-11-5-9(16(20,21)22)6-23-12(11)14-25-10-4-8(15(17,18)19)7-24-13(10)26(14)2/h4-7H,3H2,1-2H3/p+1. The zero-order valence-corrected chi connectivity index (χ0v) is 14.9. The van der Waals surface area contributed by atoms with Gasteiger partial charge in [-0.15, -0.1) is 16.7 Å². The first-order valence-corrected chi connectivity index (χ1v) is 8.66. The SMILES string of the molecule is CCSc1cc(C(F)(F)F)cnc1-c1[nH]c2cc(C(F)(F)F)cnc2[n+]1C. The van der Waals surface area contributed by atoms with Crippen LogP contribution in [0.4, 0.5) is 26.3 Å². The lowest BCUT2D eigenvalue weighted by molar-refractivity contribution is -0.635. The molecule has 0 amide bonds. The van der Waals surface area contributed by atoms with Crippen molar-refractivity contribution < 1.29 is 30.9 Å². The monoisotopic (exact) mass is 407 g/mol. The molecule has 3 aromatic heterocycles. The van der Waals surface area contributed by atoms with Gasteiger partial charge in [0.1, 0.15) is 11.9 Å². The van der Waals surface area contributed by atoms with E-state index in [4.69, 9.17) is 0 Å². The molecule has 0 spiro atoms. The van der Waals surface area contributed by atoms with Crippen molar-refractivity contribution in [1.29, 1.82) is 0 Å². The average molecular weight is 407 g/mol. The van der Waals surface area contributed by atoms with Gasteiger partial charge < -0.3 is 0 Å². The second-order valence-electron chi connectivity index (χ2n) is 5.63. The van der Waals surface area contributed by atoms with E-state index in [0.29, 0.717) is 18.1 Å². The van der Waals surface area contributed by atoms with Crippen LogP contribution in [0.1, 0.15) is 18.1 Å². The van der Waals surface area contributed by atoms with Gasteiger partial charge in [-0.2, -0.15) is 26.3 Å². The fraction of sp³-hybridized carbons (Fsp3) is 0.312. The smallest absolute Gasteiger partial charge is 0.266 e. The summed E-state index contributed by atoms with van der Waals surface area (Å²) >= 11 is 1.16. The first kappa shape index (κ1) is 19.5. The van der Waals surface area contributed by atoms with Gasteiger partial charge in [0.25, 0.3) is 5.82 Å². The number of H-pyrrole nitrogens is 1. The summed E-state index contributed by atoms with van der Waals surface area (Å²) in [6.07, 6.45) is -7.68. The lowest BCUT2D eigenvalue weighted by Gasteiger charge is -2.10. The number of imidazole rings is 1. The number of hydrogen-bond acceptors (Lipinski definition) is 3. The number of aromatic amines is 1.